The van der Waals surface area contributed by atoms with E-state index in [2.05, 4.69) is 15.6 Å². The van der Waals surface area contributed by atoms with Crippen LogP contribution in [0.15, 0.2) is 21.8 Å². The SMILES string of the molecule is CSc1cc(C)[nH]c(=O)c1CNC(=O)c1cc(Cl)c2c(c1C)OC(C)(C1CCC(CNC(=O)C3CC(F)(F)C3)CC1)O2. The molecular formula is C30H36ClF2N3O5S. The molecular weight excluding hydrogens is 588 g/mol. The van der Waals surface area contributed by atoms with Crippen molar-refractivity contribution in [2.24, 2.45) is 17.8 Å². The van der Waals surface area contributed by atoms with Gasteiger partial charge in [-0.25, -0.2) is 8.78 Å². The Balaban J connectivity index is 1.20. The Hall–Kier alpha value is -2.79. The standard InChI is InChI=1S/C30H36ClF2N3O5S/c1-15-9-23(42-4)21(28(39)36-15)14-35-27(38)20-10-22(31)25-24(16(20)2)40-29(3,41-25)19-7-5-17(6-8-19)13-34-26(37)18-11-30(32,33)12-18/h9-10,17-19H,5-8,11-14H2,1-4H3,(H,34,37)(H,35,38)(H,36,39). The minimum absolute atomic E-state index is 0.0492. The molecule has 0 bridgehead atoms. The van der Waals surface area contributed by atoms with E-state index in [0.29, 0.717) is 34.7 Å². The Morgan fingerprint density at radius 3 is 2.40 bits per heavy atom. The number of halogens is 3. The van der Waals surface area contributed by atoms with E-state index in [0.717, 1.165) is 36.3 Å². The Kier molecular flexibility index (Phi) is 8.55. The summed E-state index contributed by atoms with van der Waals surface area (Å²) in [7, 11) is 0. The monoisotopic (exact) mass is 623 g/mol. The lowest BCUT2D eigenvalue weighted by Crippen LogP contribution is -2.47. The zero-order valence-electron chi connectivity index (χ0n) is 24.1. The molecule has 12 heteroatoms. The van der Waals surface area contributed by atoms with Crippen LogP contribution in [0, 0.1) is 31.6 Å². The number of alkyl halides is 2. The number of carbonyl (C=O) groups excluding carboxylic acids is 2. The van der Waals surface area contributed by atoms with E-state index in [9.17, 15) is 23.2 Å². The fraction of sp³-hybridized carbons (Fsp3) is 0.567. The second-order valence-electron chi connectivity index (χ2n) is 11.8. The smallest absolute Gasteiger partial charge is 0.254 e. The number of ether oxygens (including phenoxy) is 2. The van der Waals surface area contributed by atoms with Gasteiger partial charge in [-0.3, -0.25) is 14.4 Å². The van der Waals surface area contributed by atoms with Gasteiger partial charge in [0.25, 0.3) is 17.3 Å². The molecule has 2 fully saturated rings. The highest BCUT2D eigenvalue weighted by Gasteiger charge is 2.49. The molecule has 1 aromatic carbocycles. The minimum Gasteiger partial charge on any atom is -0.448 e. The first-order chi connectivity index (χ1) is 19.8. The van der Waals surface area contributed by atoms with Crippen molar-refractivity contribution in [3.05, 3.63) is 49.9 Å². The van der Waals surface area contributed by atoms with Gasteiger partial charge in [0.15, 0.2) is 11.5 Å². The summed E-state index contributed by atoms with van der Waals surface area (Å²) in [6.45, 7) is 6.00. The van der Waals surface area contributed by atoms with Crippen LogP contribution in [0.2, 0.25) is 5.02 Å². The highest BCUT2D eigenvalue weighted by atomic mass is 35.5. The van der Waals surface area contributed by atoms with Gasteiger partial charge in [-0.1, -0.05) is 11.6 Å². The highest BCUT2D eigenvalue weighted by molar-refractivity contribution is 7.98. The third-order valence-corrected chi connectivity index (χ3v) is 9.87. The maximum atomic E-state index is 13.2. The quantitative estimate of drug-likeness (QED) is 0.323. The first-order valence-electron chi connectivity index (χ1n) is 14.2. The Morgan fingerprint density at radius 1 is 1.10 bits per heavy atom. The van der Waals surface area contributed by atoms with Gasteiger partial charge >= 0.3 is 0 Å². The van der Waals surface area contributed by atoms with E-state index in [1.54, 1.807) is 13.0 Å². The third kappa shape index (κ3) is 6.13. The fourth-order valence-corrected chi connectivity index (χ4v) is 7.11. The van der Waals surface area contributed by atoms with Crippen LogP contribution in [0.1, 0.15) is 72.6 Å². The first kappa shape index (κ1) is 30.7. The molecule has 1 aliphatic heterocycles. The summed E-state index contributed by atoms with van der Waals surface area (Å²) >= 11 is 8.03. The van der Waals surface area contributed by atoms with Gasteiger partial charge in [-0.15, -0.1) is 11.8 Å². The molecule has 3 aliphatic rings. The summed E-state index contributed by atoms with van der Waals surface area (Å²) in [6, 6.07) is 3.44. The van der Waals surface area contributed by atoms with Crippen LogP contribution >= 0.6 is 23.4 Å². The lowest BCUT2D eigenvalue weighted by atomic mass is 9.77. The van der Waals surface area contributed by atoms with Crippen molar-refractivity contribution in [2.45, 2.75) is 82.4 Å². The van der Waals surface area contributed by atoms with E-state index in [4.69, 9.17) is 21.1 Å². The van der Waals surface area contributed by atoms with Crippen molar-refractivity contribution in [3.63, 3.8) is 0 Å². The largest absolute Gasteiger partial charge is 0.448 e. The zero-order valence-corrected chi connectivity index (χ0v) is 25.7. The van der Waals surface area contributed by atoms with Gasteiger partial charge in [-0.05, 0) is 63.8 Å². The first-order valence-corrected chi connectivity index (χ1v) is 15.8. The zero-order chi connectivity index (χ0) is 30.4. The van der Waals surface area contributed by atoms with E-state index < -0.39 is 17.6 Å². The number of carbonyl (C=O) groups is 2. The van der Waals surface area contributed by atoms with Gasteiger partial charge in [-0.2, -0.15) is 0 Å². The second-order valence-corrected chi connectivity index (χ2v) is 13.1. The summed E-state index contributed by atoms with van der Waals surface area (Å²) in [5, 5.41) is 5.96. The number of fused-ring (bicyclic) bond motifs is 1. The fourth-order valence-electron chi connectivity index (χ4n) is 6.17. The molecule has 2 aromatic rings. The number of hydrogen-bond acceptors (Lipinski definition) is 6. The molecule has 0 radical (unpaired) electrons. The molecule has 2 amide bonds. The summed E-state index contributed by atoms with van der Waals surface area (Å²) in [5.41, 5.74) is 1.93. The number of benzene rings is 1. The molecule has 228 valence electrons. The summed E-state index contributed by atoms with van der Waals surface area (Å²) in [4.78, 5) is 41.5. The van der Waals surface area contributed by atoms with Crippen molar-refractivity contribution < 1.29 is 27.8 Å². The number of rotatable bonds is 8. The number of amides is 2. The summed E-state index contributed by atoms with van der Waals surface area (Å²) in [6.07, 6.45) is 4.40. The van der Waals surface area contributed by atoms with Gasteiger partial charge < -0.3 is 25.1 Å². The van der Waals surface area contributed by atoms with Crippen molar-refractivity contribution in [3.8, 4) is 11.5 Å². The number of aryl methyl sites for hydroxylation is 1. The molecule has 5 rings (SSSR count). The molecule has 1 unspecified atom stereocenters. The van der Waals surface area contributed by atoms with Crippen molar-refractivity contribution in [1.82, 2.24) is 15.6 Å². The number of nitrogens with one attached hydrogen (secondary N) is 3. The molecule has 0 spiro atoms. The molecule has 42 heavy (non-hydrogen) atoms. The molecule has 8 nitrogen and oxygen atoms in total. The number of thioether (sulfide) groups is 1. The summed E-state index contributed by atoms with van der Waals surface area (Å²) in [5.74, 6) is -3.80. The van der Waals surface area contributed by atoms with Gasteiger partial charge in [0.2, 0.25) is 11.8 Å². The number of H-pyrrole nitrogens is 1. The van der Waals surface area contributed by atoms with Crippen LogP contribution in [-0.2, 0) is 11.3 Å². The maximum absolute atomic E-state index is 13.2. The maximum Gasteiger partial charge on any atom is 0.254 e. The number of hydrogen-bond donors (Lipinski definition) is 3. The molecule has 1 atom stereocenters. The molecule has 2 saturated carbocycles. The average Bonchev–Trinajstić information content (AvgIpc) is 3.31. The molecule has 0 saturated heterocycles. The minimum atomic E-state index is -2.71. The van der Waals surface area contributed by atoms with Crippen molar-refractivity contribution in [2.75, 3.05) is 12.8 Å². The Bertz CT molecular complexity index is 1450. The number of aromatic nitrogens is 1. The number of aromatic amines is 1. The van der Waals surface area contributed by atoms with Crippen molar-refractivity contribution >= 4 is 35.2 Å². The van der Waals surface area contributed by atoms with Crippen LogP contribution in [0.5, 0.6) is 11.5 Å². The topological polar surface area (TPSA) is 110 Å². The third-order valence-electron chi connectivity index (χ3n) is 8.78. The Morgan fingerprint density at radius 2 is 1.76 bits per heavy atom. The lowest BCUT2D eigenvalue weighted by Gasteiger charge is -2.38. The molecule has 3 N–H and O–H groups in total. The van der Waals surface area contributed by atoms with Crippen LogP contribution in [0.3, 0.4) is 0 Å². The summed E-state index contributed by atoms with van der Waals surface area (Å²) < 4.78 is 38.9. The molecule has 2 aliphatic carbocycles. The molecule has 2 heterocycles. The van der Waals surface area contributed by atoms with Crippen LogP contribution in [0.25, 0.3) is 0 Å². The average molecular weight is 624 g/mol. The van der Waals surface area contributed by atoms with Gasteiger partial charge in [0, 0.05) is 72.0 Å². The van der Waals surface area contributed by atoms with E-state index in [-0.39, 0.29) is 53.6 Å². The van der Waals surface area contributed by atoms with Crippen LogP contribution < -0.4 is 25.7 Å². The number of pyridine rings is 1. The van der Waals surface area contributed by atoms with Crippen molar-refractivity contribution in [1.29, 1.82) is 0 Å². The van der Waals surface area contributed by atoms with Crippen LogP contribution in [-0.4, -0.2) is 41.3 Å². The van der Waals surface area contributed by atoms with Crippen LogP contribution in [0.4, 0.5) is 8.78 Å². The second kappa shape index (κ2) is 11.7. The predicted molar refractivity (Wildman–Crippen MR) is 157 cm³/mol. The predicted octanol–water partition coefficient (Wildman–Crippen LogP) is 5.75. The normalized spacial score (nSPS) is 24.6. The van der Waals surface area contributed by atoms with Gasteiger partial charge in [0.1, 0.15) is 0 Å². The molecule has 1 aromatic heterocycles. The lowest BCUT2D eigenvalue weighted by molar-refractivity contribution is -0.150. The Labute approximate surface area is 252 Å². The van der Waals surface area contributed by atoms with Gasteiger partial charge in [0.05, 0.1) is 5.02 Å². The van der Waals surface area contributed by atoms with E-state index >= 15 is 0 Å². The van der Waals surface area contributed by atoms with E-state index in [1.807, 2.05) is 26.2 Å². The highest BCUT2D eigenvalue weighted by Crippen LogP contribution is 2.52. The van der Waals surface area contributed by atoms with E-state index in [1.165, 1.54) is 11.8 Å².